The van der Waals surface area contributed by atoms with Crippen LogP contribution in [-0.4, -0.2) is 9.13 Å². The number of hydrogen-bond acceptors (Lipinski definition) is 0. The Morgan fingerprint density at radius 3 is 0.567 bits per heavy atom. The zero-order valence-electron chi connectivity index (χ0n) is 73.5. The Labute approximate surface area is 778 Å². The lowest BCUT2D eigenvalue weighted by atomic mass is 9.85. The number of nitrogens with zero attached hydrogens (tertiary/aromatic N) is 2. The first kappa shape index (κ1) is 78.7. The maximum atomic E-state index is 2.44. The molecule has 0 saturated carbocycles. The van der Waals surface area contributed by atoms with Crippen molar-refractivity contribution in [1.29, 1.82) is 0 Å². The Bertz CT molecular complexity index is 8740. The van der Waals surface area contributed by atoms with Crippen LogP contribution in [-0.2, 0) is 0 Å². The van der Waals surface area contributed by atoms with Crippen LogP contribution in [0.15, 0.2) is 522 Å². The average Bonchev–Trinajstić information content (AvgIpc) is 1.40. The average molecular weight is 1700 g/mol. The van der Waals surface area contributed by atoms with Crippen LogP contribution in [0.1, 0.15) is 0 Å². The van der Waals surface area contributed by atoms with Gasteiger partial charge in [-0.1, -0.05) is 425 Å². The molecule has 0 atom stereocenters. The van der Waals surface area contributed by atoms with E-state index >= 15 is 0 Å². The molecule has 0 amide bonds. The van der Waals surface area contributed by atoms with Crippen molar-refractivity contribution in [2.45, 2.75) is 0 Å². The first-order valence-corrected chi connectivity index (χ1v) is 46.3. The molecule has 134 heavy (non-hydrogen) atoms. The Morgan fingerprint density at radius 1 is 0.0970 bits per heavy atom. The molecule has 2 nitrogen and oxygen atoms in total. The highest BCUT2D eigenvalue weighted by molar-refractivity contribution is 6.24. The van der Waals surface area contributed by atoms with Crippen molar-refractivity contribution in [3.63, 3.8) is 0 Å². The summed E-state index contributed by atoms with van der Waals surface area (Å²) in [6, 6.07) is 192. The van der Waals surface area contributed by atoms with Crippen LogP contribution in [0.2, 0.25) is 0 Å². The van der Waals surface area contributed by atoms with Gasteiger partial charge in [0.05, 0.1) is 22.1 Å². The fourth-order valence-electron chi connectivity index (χ4n) is 21.0. The smallest absolute Gasteiger partial charge is 0.0541 e. The van der Waals surface area contributed by atoms with Crippen LogP contribution < -0.4 is 0 Å². The minimum absolute atomic E-state index is 1.13. The molecule has 26 rings (SSSR count). The first-order valence-electron chi connectivity index (χ1n) is 46.3. The molecule has 24 aromatic carbocycles. The molecule has 26 aromatic rings. The standard InChI is InChI=1S/C68H45N.C64H41N/c1-5-15-46(16-6-1)48-25-29-50(30-26-48)56-36-41-65-62(43-56)63-44-57(51-31-27-49(28-32-51)47-17-7-2-8-18-47)37-42-66(63)69(65)58-38-33-52(34-39-58)55-35-40-61-64(45-55)68(54-21-11-4-12-22-54)60-24-14-13-23-59(60)67(61)53-19-9-3-10-20-53;1-3-15-45(16-4-1)63-55-21-11-12-22-56(55)64(46-17-5-2-6-18-46)60-41-51(29-34-57(60)63)44-27-32-54(33-28-44)65-61-35-30-52(49-25-23-42-13-7-9-19-47(42)37-49)39-58(61)59-40-53(31-36-62(59)65)50-26-24-43-14-8-10-20-48(43)38-50/h1-45H;1-41H. The van der Waals surface area contributed by atoms with Gasteiger partial charge in [-0.3, -0.25) is 0 Å². The second kappa shape index (κ2) is 33.5. The van der Waals surface area contributed by atoms with Crippen molar-refractivity contribution >= 4 is 108 Å². The Kier molecular flexibility index (Phi) is 19.7. The summed E-state index contributed by atoms with van der Waals surface area (Å²) < 4.78 is 4.88. The fraction of sp³-hybridized carbons (Fsp3) is 0. The first-order chi connectivity index (χ1) is 66.4. The molecule has 2 heteroatoms. The highest BCUT2D eigenvalue weighted by Crippen LogP contribution is 2.50. The SMILES string of the molecule is c1ccc(-c2c3ccccc3c(-c3ccccc3)c3cc(-c4ccc(-n5c6ccc(-c7ccc8ccccc8c7)cc6c6cc(-c7ccc8ccccc8c7)ccc65)cc4)ccc23)cc1.c1ccc(-c2ccc(-c3ccc4c(c3)c3cc(-c5ccc(-c6ccccc6)cc5)ccc3n4-c3ccc(-c4ccc5c(-c6ccccc6)c6ccccc6c(-c6ccccc6)c5c4)cc3)cc2)cc1. The monoisotopic (exact) mass is 1700 g/mol. The highest BCUT2D eigenvalue weighted by atomic mass is 15.0. The van der Waals surface area contributed by atoms with Crippen LogP contribution in [0.5, 0.6) is 0 Å². The third-order valence-electron chi connectivity index (χ3n) is 27.6. The van der Waals surface area contributed by atoms with Gasteiger partial charge in [-0.25, -0.2) is 0 Å². The van der Waals surface area contributed by atoms with Crippen molar-refractivity contribution in [1.82, 2.24) is 9.13 Å². The van der Waals surface area contributed by atoms with E-state index in [1.807, 2.05) is 0 Å². The van der Waals surface area contributed by atoms with Crippen LogP contribution in [0.3, 0.4) is 0 Å². The zero-order valence-corrected chi connectivity index (χ0v) is 73.5. The van der Waals surface area contributed by atoms with E-state index in [0.29, 0.717) is 0 Å². The van der Waals surface area contributed by atoms with Crippen molar-refractivity contribution in [2.24, 2.45) is 0 Å². The van der Waals surface area contributed by atoms with E-state index in [4.69, 9.17) is 0 Å². The molecular weight excluding hydrogens is 1610 g/mol. The summed E-state index contributed by atoms with van der Waals surface area (Å²) in [4.78, 5) is 0. The van der Waals surface area contributed by atoms with Gasteiger partial charge in [0.2, 0.25) is 0 Å². The minimum Gasteiger partial charge on any atom is -0.309 e. The second-order valence-corrected chi connectivity index (χ2v) is 35.3. The summed E-state index contributed by atoms with van der Waals surface area (Å²) in [5, 5.41) is 20.0. The maximum absolute atomic E-state index is 2.44. The minimum atomic E-state index is 1.13. The van der Waals surface area contributed by atoms with Crippen LogP contribution in [0.25, 0.3) is 253 Å². The molecule has 624 valence electrons. The van der Waals surface area contributed by atoms with Crippen LogP contribution >= 0.6 is 0 Å². The van der Waals surface area contributed by atoms with Gasteiger partial charge in [-0.15, -0.1) is 0 Å². The van der Waals surface area contributed by atoms with Gasteiger partial charge < -0.3 is 9.13 Å². The molecule has 0 radical (unpaired) electrons. The summed E-state index contributed by atoms with van der Waals surface area (Å²) in [5.41, 5.74) is 36.2. The number of fused-ring (bicyclic) bond motifs is 12. The molecule has 0 aliphatic heterocycles. The molecule has 0 N–H and O–H groups in total. The van der Waals surface area contributed by atoms with E-state index in [0.717, 1.165) is 11.4 Å². The van der Waals surface area contributed by atoms with Crippen molar-refractivity contribution < 1.29 is 0 Å². The second-order valence-electron chi connectivity index (χ2n) is 35.3. The zero-order chi connectivity index (χ0) is 88.5. The van der Waals surface area contributed by atoms with Gasteiger partial charge in [0.1, 0.15) is 0 Å². The van der Waals surface area contributed by atoms with Crippen LogP contribution in [0.4, 0.5) is 0 Å². The largest absolute Gasteiger partial charge is 0.309 e. The lowest BCUT2D eigenvalue weighted by Crippen LogP contribution is -1.94. The van der Waals surface area contributed by atoms with Crippen molar-refractivity contribution in [2.75, 3.05) is 0 Å². The summed E-state index contributed by atoms with van der Waals surface area (Å²) in [7, 11) is 0. The lowest BCUT2D eigenvalue weighted by molar-refractivity contribution is 1.18. The van der Waals surface area contributed by atoms with Gasteiger partial charge >= 0.3 is 0 Å². The molecule has 0 spiro atoms. The Morgan fingerprint density at radius 2 is 0.276 bits per heavy atom. The quantitative estimate of drug-likeness (QED) is 0.0961. The van der Waals surface area contributed by atoms with E-state index in [9.17, 15) is 0 Å². The Balaban J connectivity index is 0.000000144. The lowest BCUT2D eigenvalue weighted by Gasteiger charge is -2.19. The van der Waals surface area contributed by atoms with Gasteiger partial charge in [-0.05, 0) is 295 Å². The van der Waals surface area contributed by atoms with Crippen molar-refractivity contribution in [3.05, 3.63) is 522 Å². The molecular formula is C132H86N2. The number of aromatic nitrogens is 2. The summed E-state index contributed by atoms with van der Waals surface area (Å²) >= 11 is 0. The fourth-order valence-corrected chi connectivity index (χ4v) is 21.0. The molecule has 0 bridgehead atoms. The van der Waals surface area contributed by atoms with E-state index in [-0.39, 0.29) is 0 Å². The van der Waals surface area contributed by atoms with E-state index in [1.165, 1.54) is 242 Å². The third-order valence-corrected chi connectivity index (χ3v) is 27.6. The van der Waals surface area contributed by atoms with Gasteiger partial charge in [0, 0.05) is 32.9 Å². The molecule has 0 fully saturated rings. The van der Waals surface area contributed by atoms with E-state index in [2.05, 4.69) is 531 Å². The highest BCUT2D eigenvalue weighted by Gasteiger charge is 2.24. The van der Waals surface area contributed by atoms with Gasteiger partial charge in [-0.2, -0.15) is 0 Å². The van der Waals surface area contributed by atoms with Crippen molar-refractivity contribution in [3.8, 4) is 145 Å². The third kappa shape index (κ3) is 14.2. The summed E-state index contributed by atoms with van der Waals surface area (Å²) in [6.45, 7) is 0. The number of hydrogen-bond donors (Lipinski definition) is 0. The number of benzene rings is 24. The topological polar surface area (TPSA) is 9.86 Å². The van der Waals surface area contributed by atoms with E-state index in [1.54, 1.807) is 0 Å². The predicted octanol–water partition coefficient (Wildman–Crippen LogP) is 36.5. The molecule has 0 saturated heterocycles. The maximum Gasteiger partial charge on any atom is 0.0541 e. The van der Waals surface area contributed by atoms with Gasteiger partial charge in [0.15, 0.2) is 0 Å². The molecule has 2 heterocycles. The molecule has 0 aliphatic carbocycles. The normalized spacial score (nSPS) is 11.6. The van der Waals surface area contributed by atoms with E-state index < -0.39 is 0 Å². The molecule has 0 aliphatic rings. The molecule has 0 unspecified atom stereocenters. The molecule has 2 aromatic heterocycles. The van der Waals surface area contributed by atoms with Crippen LogP contribution in [0, 0.1) is 0 Å². The number of rotatable bonds is 14. The summed E-state index contributed by atoms with van der Waals surface area (Å²) in [5.74, 6) is 0. The summed E-state index contributed by atoms with van der Waals surface area (Å²) in [6.07, 6.45) is 0. The Hall–Kier alpha value is -17.6. The van der Waals surface area contributed by atoms with Gasteiger partial charge in [0.25, 0.3) is 0 Å². The predicted molar refractivity (Wildman–Crippen MR) is 572 cm³/mol.